The highest BCUT2D eigenvalue weighted by Crippen LogP contribution is 2.26. The van der Waals surface area contributed by atoms with Gasteiger partial charge in [0.15, 0.2) is 0 Å². The summed E-state index contributed by atoms with van der Waals surface area (Å²) in [5, 5.41) is 3.50. The summed E-state index contributed by atoms with van der Waals surface area (Å²) in [5.74, 6) is 0.976. The van der Waals surface area contributed by atoms with Crippen molar-refractivity contribution in [2.24, 2.45) is 0 Å². The minimum absolute atomic E-state index is 0.259. The Morgan fingerprint density at radius 1 is 1.05 bits per heavy atom. The molecule has 1 fully saturated rings. The van der Waals surface area contributed by atoms with E-state index in [2.05, 4.69) is 41.5 Å². The van der Waals surface area contributed by atoms with Crippen LogP contribution >= 0.6 is 0 Å². The predicted molar refractivity (Wildman–Crippen MR) is 85.6 cm³/mol. The number of pyridine rings is 1. The molecule has 0 aliphatic heterocycles. The molecule has 1 aliphatic rings. The molecule has 1 aromatic heterocycles. The summed E-state index contributed by atoms with van der Waals surface area (Å²) in [6.45, 7) is 2.15. The monoisotopic (exact) mass is 282 g/mol. The van der Waals surface area contributed by atoms with Gasteiger partial charge >= 0.3 is 0 Å². The van der Waals surface area contributed by atoms with E-state index in [4.69, 9.17) is 4.74 Å². The van der Waals surface area contributed by atoms with E-state index in [1.807, 2.05) is 24.5 Å². The minimum atomic E-state index is 0.259. The number of nitrogens with one attached hydrogen (secondary N) is 1. The van der Waals surface area contributed by atoms with Crippen LogP contribution in [0.2, 0.25) is 0 Å². The molecule has 3 heteroatoms. The fourth-order valence-electron chi connectivity index (χ4n) is 2.81. The van der Waals surface area contributed by atoms with Crippen molar-refractivity contribution in [3.63, 3.8) is 0 Å². The molecule has 1 aromatic carbocycles. The molecule has 0 spiro atoms. The molecule has 1 aliphatic carbocycles. The van der Waals surface area contributed by atoms with Crippen LogP contribution in [0.15, 0.2) is 48.8 Å². The highest BCUT2D eigenvalue weighted by Gasteiger charge is 2.16. The lowest BCUT2D eigenvalue weighted by Gasteiger charge is -2.17. The third kappa shape index (κ3) is 3.75. The van der Waals surface area contributed by atoms with Crippen LogP contribution in [0, 0.1) is 0 Å². The largest absolute Gasteiger partial charge is 0.490 e. The first-order valence-electron chi connectivity index (χ1n) is 7.74. The first-order chi connectivity index (χ1) is 10.3. The molecular weight excluding hydrogens is 260 g/mol. The summed E-state index contributed by atoms with van der Waals surface area (Å²) in [7, 11) is 0. The smallest absolute Gasteiger partial charge is 0.119 e. The van der Waals surface area contributed by atoms with Crippen molar-refractivity contribution in [2.45, 2.75) is 44.8 Å². The van der Waals surface area contributed by atoms with Gasteiger partial charge in [-0.05, 0) is 74.6 Å². The maximum Gasteiger partial charge on any atom is 0.119 e. The number of ether oxygens (including phenoxy) is 1. The number of hydrogen-bond acceptors (Lipinski definition) is 3. The SMILES string of the molecule is CC(Nc1ccc(OC2CCCC2)cc1)c1ccncc1. The normalized spacial score (nSPS) is 16.6. The van der Waals surface area contributed by atoms with Crippen molar-refractivity contribution in [2.75, 3.05) is 5.32 Å². The Morgan fingerprint density at radius 3 is 2.38 bits per heavy atom. The van der Waals surface area contributed by atoms with Gasteiger partial charge in [-0.15, -0.1) is 0 Å². The molecule has 1 atom stereocenters. The van der Waals surface area contributed by atoms with Gasteiger partial charge in [-0.1, -0.05) is 0 Å². The summed E-state index contributed by atoms with van der Waals surface area (Å²) in [6.07, 6.45) is 9.05. The lowest BCUT2D eigenvalue weighted by Crippen LogP contribution is -2.11. The van der Waals surface area contributed by atoms with Crippen LogP contribution in [0.4, 0.5) is 5.69 Å². The summed E-state index contributed by atoms with van der Waals surface area (Å²) in [6, 6.07) is 12.6. The molecule has 3 nitrogen and oxygen atoms in total. The lowest BCUT2D eigenvalue weighted by atomic mass is 10.1. The highest BCUT2D eigenvalue weighted by molar-refractivity contribution is 5.48. The third-order valence-electron chi connectivity index (χ3n) is 4.05. The van der Waals surface area contributed by atoms with Crippen LogP contribution in [0.5, 0.6) is 5.75 Å². The van der Waals surface area contributed by atoms with Crippen molar-refractivity contribution in [3.8, 4) is 5.75 Å². The number of aromatic nitrogens is 1. The van der Waals surface area contributed by atoms with Gasteiger partial charge < -0.3 is 10.1 Å². The van der Waals surface area contributed by atoms with Crippen molar-refractivity contribution >= 4 is 5.69 Å². The Labute approximate surface area is 126 Å². The Kier molecular flexibility index (Phi) is 4.39. The number of nitrogens with zero attached hydrogens (tertiary/aromatic N) is 1. The predicted octanol–water partition coefficient (Wildman–Crippen LogP) is 4.58. The Balaban J connectivity index is 1.59. The van der Waals surface area contributed by atoms with Crippen LogP contribution in [0.25, 0.3) is 0 Å². The van der Waals surface area contributed by atoms with E-state index in [0.717, 1.165) is 11.4 Å². The van der Waals surface area contributed by atoms with E-state index >= 15 is 0 Å². The Morgan fingerprint density at radius 2 is 1.71 bits per heavy atom. The molecule has 3 rings (SSSR count). The maximum absolute atomic E-state index is 5.98. The van der Waals surface area contributed by atoms with Crippen LogP contribution < -0.4 is 10.1 Å². The number of benzene rings is 1. The van der Waals surface area contributed by atoms with Crippen LogP contribution in [0.3, 0.4) is 0 Å². The summed E-state index contributed by atoms with van der Waals surface area (Å²) in [4.78, 5) is 4.05. The molecule has 1 unspecified atom stereocenters. The van der Waals surface area contributed by atoms with E-state index in [1.54, 1.807) is 0 Å². The Bertz CT molecular complexity index is 547. The molecule has 110 valence electrons. The maximum atomic E-state index is 5.98. The van der Waals surface area contributed by atoms with Gasteiger partial charge in [0.2, 0.25) is 0 Å². The van der Waals surface area contributed by atoms with E-state index < -0.39 is 0 Å². The second-order valence-electron chi connectivity index (χ2n) is 5.70. The van der Waals surface area contributed by atoms with E-state index in [0.29, 0.717) is 6.10 Å². The number of hydrogen-bond donors (Lipinski definition) is 1. The molecule has 0 saturated heterocycles. The van der Waals surface area contributed by atoms with E-state index in [-0.39, 0.29) is 6.04 Å². The quantitative estimate of drug-likeness (QED) is 0.871. The third-order valence-corrected chi connectivity index (χ3v) is 4.05. The molecule has 0 bridgehead atoms. The summed E-state index contributed by atoms with van der Waals surface area (Å²) in [5.41, 5.74) is 2.34. The van der Waals surface area contributed by atoms with Crippen molar-refractivity contribution in [1.82, 2.24) is 4.98 Å². The minimum Gasteiger partial charge on any atom is -0.490 e. The summed E-state index contributed by atoms with van der Waals surface area (Å²) < 4.78 is 5.98. The van der Waals surface area contributed by atoms with Gasteiger partial charge in [-0.3, -0.25) is 4.98 Å². The van der Waals surface area contributed by atoms with Gasteiger partial charge in [0.25, 0.3) is 0 Å². The zero-order chi connectivity index (χ0) is 14.5. The van der Waals surface area contributed by atoms with Gasteiger partial charge in [-0.25, -0.2) is 0 Å². The zero-order valence-electron chi connectivity index (χ0n) is 12.5. The molecule has 1 saturated carbocycles. The van der Waals surface area contributed by atoms with E-state index in [9.17, 15) is 0 Å². The lowest BCUT2D eigenvalue weighted by molar-refractivity contribution is 0.210. The van der Waals surface area contributed by atoms with Crippen molar-refractivity contribution in [1.29, 1.82) is 0 Å². The molecule has 1 heterocycles. The van der Waals surface area contributed by atoms with Crippen LogP contribution in [-0.4, -0.2) is 11.1 Å². The number of anilines is 1. The fourth-order valence-corrected chi connectivity index (χ4v) is 2.81. The van der Waals surface area contributed by atoms with Gasteiger partial charge in [0, 0.05) is 24.1 Å². The first-order valence-corrected chi connectivity index (χ1v) is 7.74. The van der Waals surface area contributed by atoms with E-state index in [1.165, 1.54) is 31.2 Å². The fraction of sp³-hybridized carbons (Fsp3) is 0.389. The molecule has 0 radical (unpaired) electrons. The summed E-state index contributed by atoms with van der Waals surface area (Å²) >= 11 is 0. The van der Waals surface area contributed by atoms with Crippen LogP contribution in [-0.2, 0) is 0 Å². The molecular formula is C18H22N2O. The number of rotatable bonds is 5. The van der Waals surface area contributed by atoms with Gasteiger partial charge in [-0.2, -0.15) is 0 Å². The van der Waals surface area contributed by atoms with Gasteiger partial charge in [0.05, 0.1) is 6.10 Å². The first kappa shape index (κ1) is 13.9. The van der Waals surface area contributed by atoms with Gasteiger partial charge in [0.1, 0.15) is 5.75 Å². The molecule has 0 amide bonds. The topological polar surface area (TPSA) is 34.1 Å². The Hall–Kier alpha value is -2.03. The second kappa shape index (κ2) is 6.61. The second-order valence-corrected chi connectivity index (χ2v) is 5.70. The average molecular weight is 282 g/mol. The highest BCUT2D eigenvalue weighted by atomic mass is 16.5. The standard InChI is InChI=1S/C18H22N2O/c1-14(15-10-12-19-13-11-15)20-16-6-8-18(9-7-16)21-17-4-2-3-5-17/h6-14,17,20H,2-5H2,1H3. The molecule has 21 heavy (non-hydrogen) atoms. The average Bonchev–Trinajstić information content (AvgIpc) is 3.03. The van der Waals surface area contributed by atoms with Crippen molar-refractivity contribution in [3.05, 3.63) is 54.4 Å². The van der Waals surface area contributed by atoms with Crippen molar-refractivity contribution < 1.29 is 4.74 Å². The molecule has 1 N–H and O–H groups in total. The van der Waals surface area contributed by atoms with Crippen LogP contribution in [0.1, 0.15) is 44.2 Å². The molecule has 2 aromatic rings. The zero-order valence-corrected chi connectivity index (χ0v) is 12.5.